The van der Waals surface area contributed by atoms with Gasteiger partial charge in [0.15, 0.2) is 19.7 Å². The van der Waals surface area contributed by atoms with Crippen molar-refractivity contribution in [3.05, 3.63) is 65.7 Å². The van der Waals surface area contributed by atoms with E-state index in [0.29, 0.717) is 30.5 Å². The minimum atomic E-state index is -3.52. The highest BCUT2D eigenvalue weighted by Gasteiger charge is 2.34. The van der Waals surface area contributed by atoms with E-state index < -0.39 is 19.7 Å². The summed E-state index contributed by atoms with van der Waals surface area (Å²) in [5.74, 6) is -0.377. The van der Waals surface area contributed by atoms with Crippen molar-refractivity contribution in [1.82, 2.24) is 4.90 Å². The highest BCUT2D eigenvalue weighted by Crippen LogP contribution is 2.22. The van der Waals surface area contributed by atoms with Crippen molar-refractivity contribution in [3.63, 3.8) is 0 Å². The van der Waals surface area contributed by atoms with Crippen LogP contribution < -0.4 is 0 Å². The number of hydrogen-bond donors (Lipinski definition) is 0. The fourth-order valence-electron chi connectivity index (χ4n) is 3.60. The SMILES string of the molecule is CCCN(C(=O)c1cccc(CS(=O)(=O)c2ccccc2)c1)C1CCS(=O)(=O)C1. The van der Waals surface area contributed by atoms with Gasteiger partial charge in [0.1, 0.15) is 0 Å². The van der Waals surface area contributed by atoms with E-state index in [1.807, 2.05) is 6.92 Å². The van der Waals surface area contributed by atoms with Crippen molar-refractivity contribution in [1.29, 1.82) is 0 Å². The van der Waals surface area contributed by atoms with Gasteiger partial charge in [-0.25, -0.2) is 16.8 Å². The van der Waals surface area contributed by atoms with Gasteiger partial charge in [0.05, 0.1) is 22.2 Å². The van der Waals surface area contributed by atoms with Crippen LogP contribution in [0.3, 0.4) is 0 Å². The van der Waals surface area contributed by atoms with Crippen molar-refractivity contribution in [2.75, 3.05) is 18.1 Å². The quantitative estimate of drug-likeness (QED) is 0.667. The Bertz CT molecular complexity index is 1080. The monoisotopic (exact) mass is 435 g/mol. The highest BCUT2D eigenvalue weighted by atomic mass is 32.2. The summed E-state index contributed by atoms with van der Waals surface area (Å²) in [4.78, 5) is 15.0. The lowest BCUT2D eigenvalue weighted by Crippen LogP contribution is -2.41. The van der Waals surface area contributed by atoms with E-state index in [1.165, 1.54) is 0 Å². The van der Waals surface area contributed by atoms with Gasteiger partial charge in [-0.15, -0.1) is 0 Å². The topological polar surface area (TPSA) is 88.6 Å². The number of rotatable bonds is 7. The third-order valence-electron chi connectivity index (χ3n) is 5.01. The van der Waals surface area contributed by atoms with E-state index in [-0.39, 0.29) is 34.1 Å². The summed E-state index contributed by atoms with van der Waals surface area (Å²) in [5, 5.41) is 0. The molecule has 1 fully saturated rings. The summed E-state index contributed by atoms with van der Waals surface area (Å²) in [6.07, 6.45) is 1.15. The van der Waals surface area contributed by atoms with Crippen LogP contribution in [-0.4, -0.2) is 51.7 Å². The van der Waals surface area contributed by atoms with Gasteiger partial charge >= 0.3 is 0 Å². The number of benzene rings is 2. The molecule has 1 saturated heterocycles. The second kappa shape index (κ2) is 8.67. The predicted molar refractivity (Wildman–Crippen MR) is 112 cm³/mol. The highest BCUT2D eigenvalue weighted by molar-refractivity contribution is 7.91. The first-order valence-electron chi connectivity index (χ1n) is 9.60. The average Bonchev–Trinajstić information content (AvgIpc) is 3.05. The van der Waals surface area contributed by atoms with Gasteiger partial charge in [0.25, 0.3) is 5.91 Å². The molecule has 0 aromatic heterocycles. The third-order valence-corrected chi connectivity index (χ3v) is 8.46. The van der Waals surface area contributed by atoms with Gasteiger partial charge in [0, 0.05) is 18.2 Å². The maximum absolute atomic E-state index is 13.1. The van der Waals surface area contributed by atoms with Crippen LogP contribution in [0.5, 0.6) is 0 Å². The molecule has 2 aromatic carbocycles. The smallest absolute Gasteiger partial charge is 0.254 e. The van der Waals surface area contributed by atoms with E-state index >= 15 is 0 Å². The minimum Gasteiger partial charge on any atom is -0.335 e. The molecule has 29 heavy (non-hydrogen) atoms. The Kier molecular flexibility index (Phi) is 6.43. The largest absolute Gasteiger partial charge is 0.335 e. The van der Waals surface area contributed by atoms with E-state index in [9.17, 15) is 21.6 Å². The second-order valence-electron chi connectivity index (χ2n) is 7.33. The van der Waals surface area contributed by atoms with E-state index in [1.54, 1.807) is 59.5 Å². The molecule has 156 valence electrons. The lowest BCUT2D eigenvalue weighted by atomic mass is 10.1. The van der Waals surface area contributed by atoms with E-state index in [0.717, 1.165) is 0 Å². The summed E-state index contributed by atoms with van der Waals surface area (Å²) in [7, 11) is -6.63. The van der Waals surface area contributed by atoms with Gasteiger partial charge in [-0.1, -0.05) is 37.3 Å². The Morgan fingerprint density at radius 1 is 1.10 bits per heavy atom. The maximum Gasteiger partial charge on any atom is 0.254 e. The molecule has 1 atom stereocenters. The van der Waals surface area contributed by atoms with Crippen LogP contribution in [-0.2, 0) is 25.4 Å². The molecule has 0 N–H and O–H groups in total. The van der Waals surface area contributed by atoms with Gasteiger partial charge in [-0.2, -0.15) is 0 Å². The van der Waals surface area contributed by atoms with Crippen molar-refractivity contribution in [3.8, 4) is 0 Å². The fraction of sp³-hybridized carbons (Fsp3) is 0.381. The molecule has 0 spiro atoms. The number of carbonyl (C=O) groups excluding carboxylic acids is 1. The number of amides is 1. The van der Waals surface area contributed by atoms with Gasteiger partial charge in [0.2, 0.25) is 0 Å². The average molecular weight is 436 g/mol. The molecule has 1 aliphatic heterocycles. The van der Waals surface area contributed by atoms with Crippen LogP contribution in [0.4, 0.5) is 0 Å². The van der Waals surface area contributed by atoms with Crippen LogP contribution >= 0.6 is 0 Å². The molecule has 0 radical (unpaired) electrons. The lowest BCUT2D eigenvalue weighted by Gasteiger charge is -2.28. The maximum atomic E-state index is 13.1. The molecule has 0 bridgehead atoms. The Balaban J connectivity index is 1.83. The molecular formula is C21H25NO5S2. The number of carbonyl (C=O) groups is 1. The lowest BCUT2D eigenvalue weighted by molar-refractivity contribution is 0.0697. The van der Waals surface area contributed by atoms with Crippen molar-refractivity contribution >= 4 is 25.6 Å². The van der Waals surface area contributed by atoms with E-state index in [4.69, 9.17) is 0 Å². The molecule has 1 aliphatic rings. The van der Waals surface area contributed by atoms with Crippen LogP contribution in [0.2, 0.25) is 0 Å². The van der Waals surface area contributed by atoms with E-state index in [2.05, 4.69) is 0 Å². The molecule has 2 aromatic rings. The summed E-state index contributed by atoms with van der Waals surface area (Å²) in [6, 6.07) is 14.5. The summed E-state index contributed by atoms with van der Waals surface area (Å²) < 4.78 is 49.0. The molecule has 0 aliphatic carbocycles. The summed E-state index contributed by atoms with van der Waals surface area (Å²) in [6.45, 7) is 2.40. The molecule has 1 amide bonds. The Hall–Kier alpha value is -2.19. The fourth-order valence-corrected chi connectivity index (χ4v) is 6.69. The number of hydrogen-bond acceptors (Lipinski definition) is 5. The molecular weight excluding hydrogens is 410 g/mol. The Labute approximate surface area is 172 Å². The molecule has 1 unspecified atom stereocenters. The summed E-state index contributed by atoms with van der Waals surface area (Å²) in [5.41, 5.74) is 0.902. The van der Waals surface area contributed by atoms with Crippen molar-refractivity contribution in [2.45, 2.75) is 36.5 Å². The number of sulfone groups is 2. The third kappa shape index (κ3) is 5.25. The van der Waals surface area contributed by atoms with Gasteiger partial charge in [-0.3, -0.25) is 4.79 Å². The molecule has 0 saturated carbocycles. The standard InChI is InChI=1S/C21H25NO5S2/c1-2-12-22(19-11-13-28(24,25)16-19)21(23)18-8-6-7-17(14-18)15-29(26,27)20-9-4-3-5-10-20/h3-10,14,19H,2,11-13,15-16H2,1H3. The minimum absolute atomic E-state index is 0.0131. The molecule has 6 nitrogen and oxygen atoms in total. The first kappa shape index (κ1) is 21.5. The second-order valence-corrected chi connectivity index (χ2v) is 11.5. The zero-order chi connectivity index (χ0) is 21.1. The Morgan fingerprint density at radius 2 is 1.83 bits per heavy atom. The van der Waals surface area contributed by atoms with Crippen LogP contribution in [0.1, 0.15) is 35.7 Å². The van der Waals surface area contributed by atoms with Crippen LogP contribution in [0.25, 0.3) is 0 Å². The molecule has 8 heteroatoms. The van der Waals surface area contributed by atoms with Crippen molar-refractivity contribution < 1.29 is 21.6 Å². The number of nitrogens with zero attached hydrogens (tertiary/aromatic N) is 1. The van der Waals surface area contributed by atoms with Crippen LogP contribution in [0, 0.1) is 0 Å². The molecule has 1 heterocycles. The van der Waals surface area contributed by atoms with Crippen molar-refractivity contribution in [2.24, 2.45) is 0 Å². The van der Waals surface area contributed by atoms with Gasteiger partial charge < -0.3 is 4.90 Å². The molecule has 3 rings (SSSR count). The Morgan fingerprint density at radius 3 is 2.45 bits per heavy atom. The summed E-state index contributed by atoms with van der Waals surface area (Å²) >= 11 is 0. The normalized spacial score (nSPS) is 18.4. The van der Waals surface area contributed by atoms with Gasteiger partial charge in [-0.05, 0) is 42.7 Å². The van der Waals surface area contributed by atoms with Crippen LogP contribution in [0.15, 0.2) is 59.5 Å². The first-order chi connectivity index (χ1) is 13.7. The first-order valence-corrected chi connectivity index (χ1v) is 13.1. The zero-order valence-corrected chi connectivity index (χ0v) is 18.0. The zero-order valence-electron chi connectivity index (χ0n) is 16.3. The predicted octanol–water partition coefficient (Wildman–Crippen LogP) is 2.70.